The molecule has 236 valence electrons. The summed E-state index contributed by atoms with van der Waals surface area (Å²) in [7, 11) is -2.20. The Kier molecular flexibility index (Phi) is 9.07. The van der Waals surface area contributed by atoms with Gasteiger partial charge in [-0.05, 0) is 76.2 Å². The van der Waals surface area contributed by atoms with Gasteiger partial charge in [0.1, 0.15) is 18.0 Å². The van der Waals surface area contributed by atoms with E-state index in [-0.39, 0.29) is 29.0 Å². The summed E-state index contributed by atoms with van der Waals surface area (Å²) in [6.45, 7) is 10.8. The molecular weight excluding hydrogens is 592 g/mol. The monoisotopic (exact) mass is 632 g/mol. The third-order valence-corrected chi connectivity index (χ3v) is 11.4. The number of carbonyl (C=O) groups is 1. The van der Waals surface area contributed by atoms with Crippen molar-refractivity contribution in [2.24, 2.45) is 11.3 Å². The van der Waals surface area contributed by atoms with E-state index in [4.69, 9.17) is 14.3 Å². The molecule has 1 aliphatic heterocycles. The number of ether oxygens (including phenoxy) is 1. The Morgan fingerprint density at radius 3 is 2.15 bits per heavy atom. The smallest absolute Gasteiger partial charge is 0.334 e. The van der Waals surface area contributed by atoms with Crippen LogP contribution in [0, 0.1) is 17.2 Å². The average Bonchev–Trinajstić information content (AvgIpc) is 3.51. The van der Waals surface area contributed by atoms with Gasteiger partial charge in [0.2, 0.25) is 9.04 Å². The molecule has 7 heteroatoms. The number of cyclic esters (lactones) is 1. The van der Waals surface area contributed by atoms with Crippen molar-refractivity contribution in [2.45, 2.75) is 59.2 Å². The van der Waals surface area contributed by atoms with Crippen molar-refractivity contribution in [2.75, 3.05) is 0 Å². The van der Waals surface area contributed by atoms with Gasteiger partial charge in [-0.15, -0.1) is 0 Å². The molecule has 3 atom stereocenters. The van der Waals surface area contributed by atoms with E-state index in [1.54, 1.807) is 12.1 Å². The van der Waals surface area contributed by atoms with E-state index in [1.807, 2.05) is 65.3 Å². The third kappa shape index (κ3) is 6.62. The standard InChI is InChI=1S/C39H41FN2O3Si/c1-26(2)35-32(36(27-18-20-28(40)21-19-27)41-42-24-12-17-34(35)42)23-22-29-25-33(39(3,4)5)37(38(43)44-29)45-46(30-13-8-6-9-14-30)31-15-10-7-11-16-31/h6-24,26,29,33,37,46H,25H2,1-5H3. The van der Waals surface area contributed by atoms with Gasteiger partial charge in [0.25, 0.3) is 0 Å². The molecule has 1 saturated heterocycles. The van der Waals surface area contributed by atoms with E-state index in [1.165, 1.54) is 12.1 Å². The van der Waals surface area contributed by atoms with Crippen molar-refractivity contribution in [3.63, 3.8) is 0 Å². The summed E-state index contributed by atoms with van der Waals surface area (Å²) in [5, 5.41) is 7.18. The number of hydrogen-bond donors (Lipinski definition) is 0. The van der Waals surface area contributed by atoms with Crippen LogP contribution in [-0.4, -0.2) is 36.8 Å². The van der Waals surface area contributed by atoms with Crippen LogP contribution in [-0.2, 0) is 14.0 Å². The van der Waals surface area contributed by atoms with Crippen LogP contribution in [0.2, 0.25) is 0 Å². The summed E-state index contributed by atoms with van der Waals surface area (Å²) >= 11 is 0. The van der Waals surface area contributed by atoms with Gasteiger partial charge in [-0.1, -0.05) is 101 Å². The summed E-state index contributed by atoms with van der Waals surface area (Å²) in [5.74, 6) is -0.506. The van der Waals surface area contributed by atoms with Crippen molar-refractivity contribution in [1.29, 1.82) is 0 Å². The second-order valence-electron chi connectivity index (χ2n) is 13.5. The van der Waals surface area contributed by atoms with Gasteiger partial charge < -0.3 is 9.16 Å². The Bertz CT molecular complexity index is 1790. The van der Waals surface area contributed by atoms with Crippen LogP contribution >= 0.6 is 0 Å². The predicted molar refractivity (Wildman–Crippen MR) is 185 cm³/mol. The molecule has 2 aromatic heterocycles. The first-order valence-electron chi connectivity index (χ1n) is 16.0. The normalized spacial score (nSPS) is 19.0. The van der Waals surface area contributed by atoms with Crippen molar-refractivity contribution in [3.8, 4) is 11.3 Å². The molecule has 0 aliphatic carbocycles. The lowest BCUT2D eigenvalue weighted by Crippen LogP contribution is -2.55. The molecule has 0 radical (unpaired) electrons. The van der Waals surface area contributed by atoms with E-state index in [0.717, 1.165) is 38.3 Å². The van der Waals surface area contributed by atoms with Gasteiger partial charge >= 0.3 is 5.97 Å². The summed E-state index contributed by atoms with van der Waals surface area (Å²) < 4.78 is 28.8. The van der Waals surface area contributed by atoms with E-state index >= 15 is 0 Å². The topological polar surface area (TPSA) is 52.8 Å². The highest BCUT2D eigenvalue weighted by molar-refractivity contribution is 6.80. The minimum absolute atomic E-state index is 0.0711. The zero-order valence-corrected chi connectivity index (χ0v) is 28.2. The largest absolute Gasteiger partial charge is 0.456 e. The molecule has 5 aromatic rings. The first-order chi connectivity index (χ1) is 22.1. The quantitative estimate of drug-likeness (QED) is 0.134. The lowest BCUT2D eigenvalue weighted by atomic mass is 9.73. The maximum absolute atomic E-state index is 13.9. The molecule has 0 saturated carbocycles. The van der Waals surface area contributed by atoms with Crippen molar-refractivity contribution in [3.05, 3.63) is 126 Å². The van der Waals surface area contributed by atoms with Gasteiger partial charge in [0, 0.05) is 23.2 Å². The molecule has 1 fully saturated rings. The molecular formula is C39H41FN2O3Si. The average molecular weight is 633 g/mol. The summed E-state index contributed by atoms with van der Waals surface area (Å²) in [4.78, 5) is 13.9. The highest BCUT2D eigenvalue weighted by Crippen LogP contribution is 2.39. The van der Waals surface area contributed by atoms with Crippen LogP contribution in [0.4, 0.5) is 4.39 Å². The van der Waals surface area contributed by atoms with Crippen LogP contribution in [0.15, 0.2) is 109 Å². The fourth-order valence-electron chi connectivity index (χ4n) is 6.53. The molecule has 46 heavy (non-hydrogen) atoms. The second kappa shape index (κ2) is 13.2. The number of rotatable bonds is 8. The van der Waals surface area contributed by atoms with Crippen LogP contribution < -0.4 is 10.4 Å². The van der Waals surface area contributed by atoms with Crippen LogP contribution in [0.1, 0.15) is 58.1 Å². The van der Waals surface area contributed by atoms with Gasteiger partial charge in [-0.2, -0.15) is 5.10 Å². The Labute approximate surface area is 272 Å². The Hall–Kier alpha value is -4.33. The highest BCUT2D eigenvalue weighted by atomic mass is 28.3. The fourth-order valence-corrected chi connectivity index (χ4v) is 8.97. The lowest BCUT2D eigenvalue weighted by Gasteiger charge is -2.42. The molecule has 3 heterocycles. The first-order valence-corrected chi connectivity index (χ1v) is 17.6. The van der Waals surface area contributed by atoms with Crippen LogP contribution in [0.3, 0.4) is 0 Å². The zero-order chi connectivity index (χ0) is 32.4. The van der Waals surface area contributed by atoms with E-state index < -0.39 is 21.2 Å². The number of benzene rings is 3. The summed E-state index contributed by atoms with van der Waals surface area (Å²) in [6, 6.07) is 30.9. The predicted octanol–water partition coefficient (Wildman–Crippen LogP) is 7.18. The number of nitrogens with zero attached hydrogens (tertiary/aromatic N) is 2. The number of aromatic nitrogens is 2. The number of esters is 1. The molecule has 5 nitrogen and oxygen atoms in total. The van der Waals surface area contributed by atoms with Gasteiger partial charge in [-0.25, -0.2) is 13.7 Å². The molecule has 6 rings (SSSR count). The number of carbonyl (C=O) groups excluding carboxylic acids is 1. The van der Waals surface area contributed by atoms with Crippen molar-refractivity contribution in [1.82, 2.24) is 9.61 Å². The minimum Gasteiger partial charge on any atom is -0.456 e. The minimum atomic E-state index is -2.20. The SMILES string of the molecule is CC(C)c1c(C=CC2CC(C(C)(C)C)C(O[SiH](c3ccccc3)c3ccccc3)C(=O)O2)c(-c2ccc(F)cc2)nn2cccc12. The summed E-state index contributed by atoms with van der Waals surface area (Å²) in [6.07, 6.45) is 5.48. The Morgan fingerprint density at radius 1 is 0.935 bits per heavy atom. The van der Waals surface area contributed by atoms with E-state index in [9.17, 15) is 9.18 Å². The summed E-state index contributed by atoms with van der Waals surface area (Å²) in [5.41, 5.74) is 4.44. The zero-order valence-electron chi connectivity index (χ0n) is 27.1. The van der Waals surface area contributed by atoms with Crippen molar-refractivity contribution >= 4 is 37.0 Å². The molecule has 0 spiro atoms. The number of fused-ring (bicyclic) bond motifs is 1. The lowest BCUT2D eigenvalue weighted by molar-refractivity contribution is -0.171. The van der Waals surface area contributed by atoms with Gasteiger partial charge in [0.05, 0.1) is 11.2 Å². The van der Waals surface area contributed by atoms with E-state index in [2.05, 4.69) is 65.0 Å². The highest BCUT2D eigenvalue weighted by Gasteiger charge is 2.45. The molecule has 0 amide bonds. The molecule has 3 unspecified atom stereocenters. The van der Waals surface area contributed by atoms with Crippen LogP contribution in [0.5, 0.6) is 0 Å². The number of hydrogen-bond acceptors (Lipinski definition) is 4. The fraction of sp³-hybridized carbons (Fsp3) is 0.282. The molecule has 0 bridgehead atoms. The van der Waals surface area contributed by atoms with Gasteiger partial charge in [0.15, 0.2) is 0 Å². The third-order valence-electron chi connectivity index (χ3n) is 8.88. The second-order valence-corrected chi connectivity index (χ2v) is 15.8. The maximum atomic E-state index is 13.9. The van der Waals surface area contributed by atoms with Crippen molar-refractivity contribution < 1.29 is 18.3 Å². The van der Waals surface area contributed by atoms with E-state index in [0.29, 0.717) is 6.42 Å². The molecule has 0 N–H and O–H groups in total. The Balaban J connectivity index is 1.35. The first kappa shape index (κ1) is 31.6. The molecule has 3 aromatic carbocycles. The maximum Gasteiger partial charge on any atom is 0.334 e. The van der Waals surface area contributed by atoms with Gasteiger partial charge in [-0.3, -0.25) is 0 Å². The molecule has 1 aliphatic rings. The van der Waals surface area contributed by atoms with Crippen LogP contribution in [0.25, 0.3) is 22.9 Å². The number of halogens is 1. The Morgan fingerprint density at radius 2 is 1.57 bits per heavy atom.